The van der Waals surface area contributed by atoms with E-state index in [1.54, 1.807) is 19.1 Å². The number of fused-ring (bicyclic) bond motifs is 1. The van der Waals surface area contributed by atoms with Crippen molar-refractivity contribution in [3.63, 3.8) is 0 Å². The van der Waals surface area contributed by atoms with Crippen molar-refractivity contribution in [1.29, 1.82) is 0 Å². The first kappa shape index (κ1) is 19.2. The van der Waals surface area contributed by atoms with E-state index in [2.05, 4.69) is 38.2 Å². The van der Waals surface area contributed by atoms with Crippen LogP contribution in [0.5, 0.6) is 0 Å². The molecule has 0 aliphatic carbocycles. The molecule has 5 nitrogen and oxygen atoms in total. The molecular formula is C20H29N3O2. The van der Waals surface area contributed by atoms with Gasteiger partial charge in [0.05, 0.1) is 6.04 Å². The minimum Gasteiger partial charge on any atom is -0.349 e. The average molecular weight is 343 g/mol. The summed E-state index contributed by atoms with van der Waals surface area (Å²) in [6.45, 7) is 9.23. The Morgan fingerprint density at radius 1 is 1.24 bits per heavy atom. The van der Waals surface area contributed by atoms with Crippen molar-refractivity contribution >= 4 is 11.8 Å². The standard InChI is InChI=1S/C20H29N3O2/c1-14(21)19(25)22-17(11-20(2,3)4)9-10-18(24)23-12-15-7-5-6-8-16(15)13-23/h5-10,14,17H,11-13,21H2,1-4H3,(H,22,25)/b10-9+/t14-,17+/m0/s1. The van der Waals surface area contributed by atoms with Crippen LogP contribution in [-0.2, 0) is 22.7 Å². The molecule has 0 unspecified atom stereocenters. The smallest absolute Gasteiger partial charge is 0.246 e. The highest BCUT2D eigenvalue weighted by molar-refractivity contribution is 5.88. The summed E-state index contributed by atoms with van der Waals surface area (Å²) in [4.78, 5) is 26.2. The summed E-state index contributed by atoms with van der Waals surface area (Å²) in [5, 5.41) is 2.91. The third-order valence-electron chi connectivity index (χ3n) is 4.20. The van der Waals surface area contributed by atoms with Gasteiger partial charge in [0.1, 0.15) is 0 Å². The molecule has 0 saturated carbocycles. The molecule has 1 aromatic carbocycles. The lowest BCUT2D eigenvalue weighted by atomic mass is 9.88. The van der Waals surface area contributed by atoms with Gasteiger partial charge >= 0.3 is 0 Å². The number of hydrogen-bond acceptors (Lipinski definition) is 3. The van der Waals surface area contributed by atoms with Crippen LogP contribution < -0.4 is 11.1 Å². The van der Waals surface area contributed by atoms with Crippen LogP contribution in [0.3, 0.4) is 0 Å². The van der Waals surface area contributed by atoms with Crippen molar-refractivity contribution in [2.75, 3.05) is 0 Å². The Labute approximate surface area is 150 Å². The van der Waals surface area contributed by atoms with Crippen LogP contribution in [0.15, 0.2) is 36.4 Å². The molecule has 1 heterocycles. The van der Waals surface area contributed by atoms with E-state index in [4.69, 9.17) is 5.73 Å². The first-order chi connectivity index (χ1) is 11.7. The molecule has 25 heavy (non-hydrogen) atoms. The molecule has 2 amide bonds. The first-order valence-electron chi connectivity index (χ1n) is 8.75. The van der Waals surface area contributed by atoms with Crippen molar-refractivity contribution in [3.8, 4) is 0 Å². The highest BCUT2D eigenvalue weighted by Gasteiger charge is 2.23. The summed E-state index contributed by atoms with van der Waals surface area (Å²) in [5.74, 6) is -0.245. The van der Waals surface area contributed by atoms with E-state index in [0.29, 0.717) is 13.1 Å². The second kappa shape index (κ2) is 7.83. The molecule has 2 rings (SSSR count). The topological polar surface area (TPSA) is 75.4 Å². The Morgan fingerprint density at radius 2 is 1.80 bits per heavy atom. The molecule has 136 valence electrons. The summed E-state index contributed by atoms with van der Waals surface area (Å²) in [6.07, 6.45) is 4.09. The quantitative estimate of drug-likeness (QED) is 0.806. The highest BCUT2D eigenvalue weighted by Crippen LogP contribution is 2.23. The molecule has 0 aromatic heterocycles. The van der Waals surface area contributed by atoms with Gasteiger partial charge in [0.15, 0.2) is 0 Å². The first-order valence-corrected chi connectivity index (χ1v) is 8.75. The monoisotopic (exact) mass is 343 g/mol. The van der Waals surface area contributed by atoms with Gasteiger partial charge in [-0.15, -0.1) is 0 Å². The van der Waals surface area contributed by atoms with E-state index >= 15 is 0 Å². The Balaban J connectivity index is 2.02. The summed E-state index contributed by atoms with van der Waals surface area (Å²) in [5.41, 5.74) is 8.05. The van der Waals surface area contributed by atoms with Crippen LogP contribution in [0.4, 0.5) is 0 Å². The summed E-state index contributed by atoms with van der Waals surface area (Å²) in [6, 6.07) is 7.30. The van der Waals surface area contributed by atoms with Crippen molar-refractivity contribution in [3.05, 3.63) is 47.5 Å². The van der Waals surface area contributed by atoms with E-state index in [1.165, 1.54) is 11.1 Å². The zero-order valence-electron chi connectivity index (χ0n) is 15.6. The number of nitrogens with zero attached hydrogens (tertiary/aromatic N) is 1. The minimum atomic E-state index is -0.570. The van der Waals surface area contributed by atoms with E-state index < -0.39 is 6.04 Å². The van der Waals surface area contributed by atoms with Crippen LogP contribution in [0.1, 0.15) is 45.2 Å². The number of carbonyl (C=O) groups excluding carboxylic acids is 2. The molecule has 0 spiro atoms. The average Bonchev–Trinajstić information content (AvgIpc) is 2.94. The van der Waals surface area contributed by atoms with Gasteiger partial charge in [0.25, 0.3) is 0 Å². The van der Waals surface area contributed by atoms with Crippen molar-refractivity contribution in [1.82, 2.24) is 10.2 Å². The summed E-state index contributed by atoms with van der Waals surface area (Å²) < 4.78 is 0. The van der Waals surface area contributed by atoms with Crippen LogP contribution >= 0.6 is 0 Å². The molecule has 3 N–H and O–H groups in total. The van der Waals surface area contributed by atoms with Gasteiger partial charge in [-0.2, -0.15) is 0 Å². The zero-order chi connectivity index (χ0) is 18.6. The fraction of sp³-hybridized carbons (Fsp3) is 0.500. The number of nitrogens with two attached hydrogens (primary N) is 1. The maximum Gasteiger partial charge on any atom is 0.246 e. The lowest BCUT2D eigenvalue weighted by molar-refractivity contribution is -0.126. The predicted molar refractivity (Wildman–Crippen MR) is 99.5 cm³/mol. The maximum atomic E-state index is 12.5. The molecular weight excluding hydrogens is 314 g/mol. The zero-order valence-corrected chi connectivity index (χ0v) is 15.6. The van der Waals surface area contributed by atoms with Crippen molar-refractivity contribution in [2.24, 2.45) is 11.1 Å². The van der Waals surface area contributed by atoms with Crippen LogP contribution in [0, 0.1) is 5.41 Å². The number of benzene rings is 1. The number of nitrogens with one attached hydrogen (secondary N) is 1. The predicted octanol–water partition coefficient (Wildman–Crippen LogP) is 2.35. The molecule has 5 heteroatoms. The van der Waals surface area contributed by atoms with Gasteiger partial charge in [-0.05, 0) is 29.9 Å². The maximum absolute atomic E-state index is 12.5. The molecule has 0 saturated heterocycles. The molecule has 1 aromatic rings. The fourth-order valence-corrected chi connectivity index (χ4v) is 2.93. The van der Waals surface area contributed by atoms with Crippen molar-refractivity contribution < 1.29 is 9.59 Å². The highest BCUT2D eigenvalue weighted by atomic mass is 16.2. The fourth-order valence-electron chi connectivity index (χ4n) is 2.93. The van der Waals surface area contributed by atoms with Gasteiger partial charge in [-0.3, -0.25) is 9.59 Å². The molecule has 1 aliphatic rings. The van der Waals surface area contributed by atoms with Gasteiger partial charge in [-0.25, -0.2) is 0 Å². The minimum absolute atomic E-state index is 0.0209. The normalized spacial score (nSPS) is 16.6. The molecule has 0 fully saturated rings. The van der Waals surface area contributed by atoms with Crippen LogP contribution in [0.2, 0.25) is 0 Å². The lowest BCUT2D eigenvalue weighted by Gasteiger charge is -2.25. The summed E-state index contributed by atoms with van der Waals surface area (Å²) in [7, 11) is 0. The molecule has 2 atom stereocenters. The van der Waals surface area contributed by atoms with E-state index in [9.17, 15) is 9.59 Å². The lowest BCUT2D eigenvalue weighted by Crippen LogP contribution is -2.44. The molecule has 0 radical (unpaired) electrons. The Morgan fingerprint density at radius 3 is 2.28 bits per heavy atom. The third-order valence-corrected chi connectivity index (χ3v) is 4.20. The SMILES string of the molecule is C[C@H](N)C(=O)N[C@H](/C=C/C(=O)N1Cc2ccccc2C1)CC(C)(C)C. The van der Waals surface area contributed by atoms with Crippen molar-refractivity contribution in [2.45, 2.75) is 59.3 Å². The Kier molecular flexibility index (Phi) is 6.01. The van der Waals surface area contributed by atoms with Gasteiger partial charge in [0.2, 0.25) is 11.8 Å². The second-order valence-corrected chi connectivity index (χ2v) is 7.99. The number of rotatable bonds is 5. The molecule has 0 bridgehead atoms. The van der Waals surface area contributed by atoms with Gasteiger partial charge < -0.3 is 16.0 Å². The number of hydrogen-bond donors (Lipinski definition) is 2. The second-order valence-electron chi connectivity index (χ2n) is 7.99. The molecule has 1 aliphatic heterocycles. The van der Waals surface area contributed by atoms with Gasteiger partial charge in [0, 0.05) is 25.2 Å². The number of carbonyl (C=O) groups is 2. The largest absolute Gasteiger partial charge is 0.349 e. The Hall–Kier alpha value is -2.14. The van der Waals surface area contributed by atoms with E-state index in [1.807, 2.05) is 17.0 Å². The van der Waals surface area contributed by atoms with E-state index in [-0.39, 0.29) is 23.3 Å². The van der Waals surface area contributed by atoms with Gasteiger partial charge in [-0.1, -0.05) is 51.1 Å². The summed E-state index contributed by atoms with van der Waals surface area (Å²) >= 11 is 0. The van der Waals surface area contributed by atoms with E-state index in [0.717, 1.165) is 6.42 Å². The van der Waals surface area contributed by atoms with Crippen LogP contribution in [-0.4, -0.2) is 28.8 Å². The van der Waals surface area contributed by atoms with Crippen LogP contribution in [0.25, 0.3) is 0 Å². The number of amides is 2. The Bertz CT molecular complexity index is 634. The third kappa shape index (κ3) is 5.71.